The summed E-state index contributed by atoms with van der Waals surface area (Å²) in [6.45, 7) is 0. The van der Waals surface area contributed by atoms with Crippen molar-refractivity contribution in [3.63, 3.8) is 0 Å². The zero-order valence-corrected chi connectivity index (χ0v) is 21.3. The van der Waals surface area contributed by atoms with Gasteiger partial charge in [0, 0.05) is 24.3 Å². The number of fused-ring (bicyclic) bond motifs is 1. The molecule has 39 heavy (non-hydrogen) atoms. The van der Waals surface area contributed by atoms with Gasteiger partial charge < -0.3 is 21.1 Å². The molecule has 0 unspecified atom stereocenters. The van der Waals surface area contributed by atoms with Crippen molar-refractivity contribution in [1.29, 1.82) is 0 Å². The van der Waals surface area contributed by atoms with Crippen LogP contribution in [0, 0.1) is 0 Å². The topological polar surface area (TPSA) is 98.5 Å². The van der Waals surface area contributed by atoms with E-state index < -0.39 is 35.3 Å². The number of anilines is 1. The van der Waals surface area contributed by atoms with E-state index in [1.165, 1.54) is 12.3 Å². The lowest BCUT2D eigenvalue weighted by molar-refractivity contribution is -0.461. The van der Waals surface area contributed by atoms with E-state index >= 15 is 0 Å². The minimum atomic E-state index is -4.52. The number of ether oxygens (including phenoxy) is 2. The lowest BCUT2D eigenvalue weighted by Crippen LogP contribution is -2.54. The number of hydrogen-bond acceptors (Lipinski definition) is 5. The second-order valence-electron chi connectivity index (χ2n) is 9.62. The number of nitrogens with two attached hydrogens (primary N) is 1. The molecule has 1 aliphatic carbocycles. The Morgan fingerprint density at radius 2 is 1.85 bits per heavy atom. The fraction of sp³-hybridized carbons (Fsp3) is 0.333. The third-order valence-corrected chi connectivity index (χ3v) is 7.18. The first-order valence-corrected chi connectivity index (χ1v) is 12.7. The summed E-state index contributed by atoms with van der Waals surface area (Å²) in [6, 6.07) is 12.6. The summed E-state index contributed by atoms with van der Waals surface area (Å²) in [6.07, 6.45) is -4.02. The first kappa shape index (κ1) is 27.0. The Bertz CT molecular complexity index is 1370. The van der Waals surface area contributed by atoms with Crippen LogP contribution in [0.5, 0.6) is 5.75 Å². The standard InChI is InChI=1S/C27H25ClF4N4O3/c28-18-10-12-23(34-15-18)25(14-16-5-1-4-8-21(16)33,36-24(37)35-19-6-2-3-7-19)17-9-11-22-20(13-17)26(29,30)39-27(31,32)38-22/h1,4-5,8-13,15,19H,2-3,6-7,14,33H2,(H2,35,36,37)/t25-/m0/s1. The average molecular weight is 565 g/mol. The predicted molar refractivity (Wildman–Crippen MR) is 136 cm³/mol. The molecule has 4 N–H and O–H groups in total. The van der Waals surface area contributed by atoms with Crippen LogP contribution in [0.25, 0.3) is 0 Å². The lowest BCUT2D eigenvalue weighted by atomic mass is 9.79. The normalized spacial score (nSPS) is 19.4. The SMILES string of the molecule is Nc1ccccc1C[C@](NC(=O)NC1CCCC1)(c1ccc2c(c1)C(F)(F)OC(F)(F)O2)c1ccc(Cl)cn1. The molecule has 0 radical (unpaired) electrons. The number of para-hydroxylation sites is 1. The van der Waals surface area contributed by atoms with E-state index in [0.717, 1.165) is 37.8 Å². The van der Waals surface area contributed by atoms with Gasteiger partial charge in [-0.1, -0.05) is 48.7 Å². The molecule has 0 bridgehead atoms. The van der Waals surface area contributed by atoms with Crippen molar-refractivity contribution in [1.82, 2.24) is 15.6 Å². The molecule has 0 spiro atoms. The van der Waals surface area contributed by atoms with E-state index in [1.54, 1.807) is 36.4 Å². The predicted octanol–water partition coefficient (Wildman–Crippen LogP) is 6.05. The lowest BCUT2D eigenvalue weighted by Gasteiger charge is -2.37. The maximum absolute atomic E-state index is 14.8. The minimum Gasteiger partial charge on any atom is -0.409 e. The smallest absolute Gasteiger partial charge is 0.409 e. The highest BCUT2D eigenvalue weighted by Crippen LogP contribution is 2.48. The number of nitrogen functional groups attached to an aromatic ring is 1. The Balaban J connectivity index is 1.68. The molecule has 7 nitrogen and oxygen atoms in total. The number of nitrogens with zero attached hydrogens (tertiary/aromatic N) is 1. The van der Waals surface area contributed by atoms with Crippen LogP contribution in [-0.4, -0.2) is 23.4 Å². The van der Waals surface area contributed by atoms with Crippen LogP contribution in [0.15, 0.2) is 60.8 Å². The van der Waals surface area contributed by atoms with E-state index in [-0.39, 0.29) is 23.7 Å². The maximum Gasteiger partial charge on any atom is 0.540 e. The van der Waals surface area contributed by atoms with Crippen LogP contribution in [0.4, 0.5) is 28.0 Å². The van der Waals surface area contributed by atoms with Crippen LogP contribution in [0.2, 0.25) is 5.02 Å². The third-order valence-electron chi connectivity index (χ3n) is 6.95. The molecule has 1 fully saturated rings. The van der Waals surface area contributed by atoms with Crippen molar-refractivity contribution in [3.05, 3.63) is 88.2 Å². The van der Waals surface area contributed by atoms with E-state index in [9.17, 15) is 22.4 Å². The molecule has 1 saturated carbocycles. The molecule has 1 atom stereocenters. The van der Waals surface area contributed by atoms with Gasteiger partial charge in [-0.15, -0.1) is 8.78 Å². The number of amides is 2. The van der Waals surface area contributed by atoms with Crippen LogP contribution in [0.1, 0.15) is 48.1 Å². The van der Waals surface area contributed by atoms with E-state index in [4.69, 9.17) is 17.3 Å². The van der Waals surface area contributed by atoms with Crippen molar-refractivity contribution in [2.45, 2.75) is 56.1 Å². The molecular weight excluding hydrogens is 540 g/mol. The number of alkyl halides is 4. The van der Waals surface area contributed by atoms with Gasteiger partial charge in [0.05, 0.1) is 16.3 Å². The van der Waals surface area contributed by atoms with Gasteiger partial charge in [0.1, 0.15) is 11.3 Å². The number of carbonyl (C=O) groups is 1. The Hall–Kier alpha value is -3.57. The summed E-state index contributed by atoms with van der Waals surface area (Å²) >= 11 is 6.09. The Morgan fingerprint density at radius 1 is 1.10 bits per heavy atom. The van der Waals surface area contributed by atoms with Crippen molar-refractivity contribution >= 4 is 23.3 Å². The summed E-state index contributed by atoms with van der Waals surface area (Å²) < 4.78 is 65.0. The minimum absolute atomic E-state index is 0.0192. The second kappa shape index (κ2) is 10.2. The van der Waals surface area contributed by atoms with Gasteiger partial charge >= 0.3 is 18.4 Å². The molecule has 0 saturated heterocycles. The number of rotatable bonds is 6. The second-order valence-corrected chi connectivity index (χ2v) is 10.1. The van der Waals surface area contributed by atoms with E-state index in [2.05, 4.69) is 25.1 Å². The number of aromatic nitrogens is 1. The molecule has 5 rings (SSSR count). The summed E-state index contributed by atoms with van der Waals surface area (Å²) in [7, 11) is 0. The maximum atomic E-state index is 14.8. The fourth-order valence-corrected chi connectivity index (χ4v) is 5.19. The van der Waals surface area contributed by atoms with Crippen molar-refractivity contribution < 1.29 is 31.8 Å². The number of hydrogen-bond donors (Lipinski definition) is 3. The Morgan fingerprint density at radius 3 is 2.54 bits per heavy atom. The van der Waals surface area contributed by atoms with Gasteiger partial charge in [-0.2, -0.15) is 8.78 Å². The highest BCUT2D eigenvalue weighted by Gasteiger charge is 2.55. The number of nitrogens with one attached hydrogen (secondary N) is 2. The molecule has 2 aromatic carbocycles. The quantitative estimate of drug-likeness (QED) is 0.250. The molecule has 1 aliphatic heterocycles. The first-order chi connectivity index (χ1) is 18.5. The average Bonchev–Trinajstić information content (AvgIpc) is 3.37. The number of halogens is 5. The highest BCUT2D eigenvalue weighted by atomic mass is 35.5. The van der Waals surface area contributed by atoms with Crippen LogP contribution in [-0.2, 0) is 22.8 Å². The number of benzene rings is 2. The zero-order valence-electron chi connectivity index (χ0n) is 20.5. The van der Waals surface area contributed by atoms with Crippen molar-refractivity contribution in [2.75, 3.05) is 5.73 Å². The van der Waals surface area contributed by atoms with Crippen LogP contribution < -0.4 is 21.1 Å². The zero-order chi connectivity index (χ0) is 27.8. The van der Waals surface area contributed by atoms with Crippen LogP contribution >= 0.6 is 11.6 Å². The summed E-state index contributed by atoms with van der Waals surface area (Å²) in [5, 5.41) is 6.20. The summed E-state index contributed by atoms with van der Waals surface area (Å²) in [4.78, 5) is 17.8. The van der Waals surface area contributed by atoms with Gasteiger partial charge in [-0.25, -0.2) is 9.53 Å². The fourth-order valence-electron chi connectivity index (χ4n) is 5.08. The Labute approximate surface area is 226 Å². The largest absolute Gasteiger partial charge is 0.540 e. The monoisotopic (exact) mass is 564 g/mol. The highest BCUT2D eigenvalue weighted by molar-refractivity contribution is 6.30. The number of carbonyl (C=O) groups excluding carboxylic acids is 1. The molecule has 1 aromatic heterocycles. The number of urea groups is 1. The molecule has 2 aliphatic rings. The van der Waals surface area contributed by atoms with E-state index in [0.29, 0.717) is 16.3 Å². The molecule has 206 valence electrons. The summed E-state index contributed by atoms with van der Waals surface area (Å²) in [5.74, 6) is -0.757. The summed E-state index contributed by atoms with van der Waals surface area (Å²) in [5.41, 5.74) is 5.06. The van der Waals surface area contributed by atoms with Crippen molar-refractivity contribution in [2.24, 2.45) is 0 Å². The molecular formula is C27H25ClF4N4O3. The van der Waals surface area contributed by atoms with Crippen LogP contribution in [0.3, 0.4) is 0 Å². The Kier molecular flexibility index (Phi) is 7.06. The molecule has 2 heterocycles. The molecule has 12 heteroatoms. The third kappa shape index (κ3) is 5.60. The van der Waals surface area contributed by atoms with Gasteiger partial charge in [0.25, 0.3) is 0 Å². The van der Waals surface area contributed by atoms with Gasteiger partial charge in [0.15, 0.2) is 0 Å². The van der Waals surface area contributed by atoms with Gasteiger partial charge in [0.2, 0.25) is 0 Å². The molecule has 2 amide bonds. The molecule has 3 aromatic rings. The van der Waals surface area contributed by atoms with E-state index in [1.807, 2.05) is 0 Å². The van der Waals surface area contributed by atoms with Gasteiger partial charge in [-0.3, -0.25) is 4.98 Å². The van der Waals surface area contributed by atoms with Gasteiger partial charge in [-0.05, 0) is 54.3 Å². The first-order valence-electron chi connectivity index (χ1n) is 12.3. The van der Waals surface area contributed by atoms with Crippen molar-refractivity contribution in [3.8, 4) is 5.75 Å². The number of pyridine rings is 1.